The van der Waals surface area contributed by atoms with Crippen LogP contribution in [0.3, 0.4) is 0 Å². The fraction of sp³-hybridized carbons (Fsp3) is 0.800. The van der Waals surface area contributed by atoms with Crippen molar-refractivity contribution in [3.8, 4) is 0 Å². The van der Waals surface area contributed by atoms with Gasteiger partial charge < -0.3 is 0 Å². The highest BCUT2D eigenvalue weighted by atomic mass is 35.5. The van der Waals surface area contributed by atoms with Crippen LogP contribution in [-0.4, -0.2) is 31.7 Å². The van der Waals surface area contributed by atoms with Gasteiger partial charge in [0.1, 0.15) is 6.01 Å². The van der Waals surface area contributed by atoms with Crippen molar-refractivity contribution >= 4 is 18.4 Å². The van der Waals surface area contributed by atoms with Crippen molar-refractivity contribution in [2.75, 3.05) is 20.6 Å². The predicted octanol–water partition coefficient (Wildman–Crippen LogP) is 1.08. The van der Waals surface area contributed by atoms with Gasteiger partial charge in [-0.1, -0.05) is 0 Å². The number of halogens is 1. The van der Waals surface area contributed by atoms with Gasteiger partial charge in [0, 0.05) is 20.6 Å². The van der Waals surface area contributed by atoms with Gasteiger partial charge >= 0.3 is 0 Å². The van der Waals surface area contributed by atoms with E-state index >= 15 is 0 Å². The smallest absolute Gasteiger partial charge is 0.114 e. The van der Waals surface area contributed by atoms with E-state index in [0.29, 0.717) is 0 Å². The number of nitrogens with zero attached hydrogens (tertiary/aromatic N) is 3. The molecule has 54 valence electrons. The monoisotopic (exact) mass is 149 g/mol. The van der Waals surface area contributed by atoms with E-state index < -0.39 is 0 Å². The molecule has 0 aliphatic heterocycles. The Balaban J connectivity index is 0. The lowest BCUT2D eigenvalue weighted by atomic mass is 10.8. The molecule has 0 aliphatic carbocycles. The van der Waals surface area contributed by atoms with Gasteiger partial charge in [0.15, 0.2) is 0 Å². The first-order valence-corrected chi connectivity index (χ1v) is 2.56. The molecule has 0 saturated carbocycles. The van der Waals surface area contributed by atoms with Crippen LogP contribution >= 0.6 is 12.4 Å². The normalized spacial score (nSPS) is 6.56. The average Bonchev–Trinajstić information content (AvgIpc) is 1.66. The summed E-state index contributed by atoms with van der Waals surface area (Å²) in [5, 5.41) is 5.38. The molecule has 0 rings (SSSR count). The Hall–Kier alpha value is -0.530. The molecule has 0 aromatic heterocycles. The van der Waals surface area contributed by atoms with Crippen molar-refractivity contribution in [3.05, 3.63) is 0 Å². The van der Waals surface area contributed by atoms with Gasteiger partial charge in [-0.3, -0.25) is 5.01 Å². The second-order valence-corrected chi connectivity index (χ2v) is 1.52. The lowest BCUT2D eigenvalue weighted by Crippen LogP contribution is -1.99. The summed E-state index contributed by atoms with van der Waals surface area (Å²) in [6, 6.07) is 2.51. The van der Waals surface area contributed by atoms with E-state index in [9.17, 15) is 0 Å². The van der Waals surface area contributed by atoms with Gasteiger partial charge in [-0.15, -0.1) is 17.5 Å². The molecule has 0 aliphatic rings. The van der Waals surface area contributed by atoms with Gasteiger partial charge in [-0.25, -0.2) is 4.99 Å². The minimum Gasteiger partial charge on any atom is -0.294 e. The largest absolute Gasteiger partial charge is 0.294 e. The van der Waals surface area contributed by atoms with Crippen LogP contribution in [0.5, 0.6) is 0 Å². The van der Waals surface area contributed by atoms with Crippen LogP contribution in [0, 0.1) is 0 Å². The Kier molecular flexibility index (Phi) is 9.37. The number of hydrogen-bond acceptors (Lipinski definition) is 3. The molecule has 0 atom stereocenters. The van der Waals surface area contributed by atoms with E-state index in [2.05, 4.69) is 16.1 Å². The third kappa shape index (κ3) is 11.2. The zero-order chi connectivity index (χ0) is 6.41. The van der Waals surface area contributed by atoms with E-state index in [1.165, 1.54) is 0 Å². The van der Waals surface area contributed by atoms with E-state index in [1.807, 2.05) is 21.0 Å². The van der Waals surface area contributed by atoms with E-state index in [0.717, 1.165) is 6.54 Å². The molecule has 0 N–H and O–H groups in total. The third-order valence-electron chi connectivity index (χ3n) is 0.474. The topological polar surface area (TPSA) is 28.0 Å². The Morgan fingerprint density at radius 3 is 2.33 bits per heavy atom. The molecule has 0 saturated heterocycles. The second-order valence-electron chi connectivity index (χ2n) is 1.52. The van der Waals surface area contributed by atoms with E-state index in [1.54, 1.807) is 5.01 Å². The quantitative estimate of drug-likeness (QED) is 0.427. The minimum absolute atomic E-state index is 0. The Bertz CT molecular complexity index is 105. The first-order valence-electron chi connectivity index (χ1n) is 2.56. The summed E-state index contributed by atoms with van der Waals surface area (Å²) in [5.41, 5.74) is 0. The molecule has 9 heavy (non-hydrogen) atoms. The molecule has 4 heteroatoms. The number of aliphatic imine (C=N–C) groups is 1. The summed E-state index contributed by atoms with van der Waals surface area (Å²) >= 11 is 0. The summed E-state index contributed by atoms with van der Waals surface area (Å²) in [6.45, 7) is 2.69. The summed E-state index contributed by atoms with van der Waals surface area (Å²) in [4.78, 5) is 3.75. The van der Waals surface area contributed by atoms with Gasteiger partial charge in [0.05, 0.1) is 0 Å². The standard InChI is InChI=1S/C5H11N3.ClH/c1-4-6-5-7-8(2)3;/h4H2,1-3H3;1H. The van der Waals surface area contributed by atoms with Crippen LogP contribution in [0.1, 0.15) is 6.92 Å². The molecule has 0 fully saturated rings. The van der Waals surface area contributed by atoms with Crippen LogP contribution in [0.2, 0.25) is 0 Å². The molecule has 0 radical (unpaired) electrons. The zero-order valence-corrected chi connectivity index (χ0v) is 6.77. The third-order valence-corrected chi connectivity index (χ3v) is 0.474. The summed E-state index contributed by atoms with van der Waals surface area (Å²) in [6.07, 6.45) is 0. The van der Waals surface area contributed by atoms with Gasteiger partial charge in [-0.05, 0) is 6.92 Å². The van der Waals surface area contributed by atoms with E-state index in [-0.39, 0.29) is 12.4 Å². The fourth-order valence-corrected chi connectivity index (χ4v) is 0.192. The van der Waals surface area contributed by atoms with Crippen LogP contribution in [0.25, 0.3) is 0 Å². The van der Waals surface area contributed by atoms with Crippen molar-refractivity contribution in [2.45, 2.75) is 6.92 Å². The maximum Gasteiger partial charge on any atom is 0.114 e. The SMILES string of the molecule is CCN=C=NN(C)C.Cl. The summed E-state index contributed by atoms with van der Waals surface area (Å²) in [7, 11) is 3.66. The molecule has 0 spiro atoms. The molecular weight excluding hydrogens is 138 g/mol. The first kappa shape index (κ1) is 11.3. The highest BCUT2D eigenvalue weighted by molar-refractivity contribution is 5.85. The lowest BCUT2D eigenvalue weighted by Gasteiger charge is -1.96. The molecule has 0 bridgehead atoms. The van der Waals surface area contributed by atoms with E-state index in [4.69, 9.17) is 0 Å². The molecule has 0 unspecified atom stereocenters. The fourth-order valence-electron chi connectivity index (χ4n) is 0.192. The van der Waals surface area contributed by atoms with Crippen molar-refractivity contribution in [2.24, 2.45) is 10.1 Å². The van der Waals surface area contributed by atoms with Crippen LogP contribution in [-0.2, 0) is 0 Å². The lowest BCUT2D eigenvalue weighted by molar-refractivity contribution is 0.440. The maximum atomic E-state index is 3.75. The Morgan fingerprint density at radius 1 is 1.44 bits per heavy atom. The average molecular weight is 150 g/mol. The predicted molar refractivity (Wildman–Crippen MR) is 41.3 cm³/mol. The Labute approximate surface area is 61.9 Å². The second kappa shape index (κ2) is 7.47. The maximum absolute atomic E-state index is 3.75. The number of hydrazone groups is 1. The molecule has 0 aromatic carbocycles. The first-order chi connectivity index (χ1) is 3.77. The minimum atomic E-state index is 0. The van der Waals surface area contributed by atoms with Crippen molar-refractivity contribution in [3.63, 3.8) is 0 Å². The zero-order valence-electron chi connectivity index (χ0n) is 5.96. The molecule has 0 aromatic rings. The van der Waals surface area contributed by atoms with Gasteiger partial charge in [0.2, 0.25) is 0 Å². The highest BCUT2D eigenvalue weighted by Crippen LogP contribution is 1.68. The number of rotatable bonds is 2. The number of hydrogen-bond donors (Lipinski definition) is 0. The van der Waals surface area contributed by atoms with Crippen molar-refractivity contribution < 1.29 is 0 Å². The van der Waals surface area contributed by atoms with Crippen molar-refractivity contribution in [1.29, 1.82) is 0 Å². The highest BCUT2D eigenvalue weighted by Gasteiger charge is 1.68. The van der Waals surface area contributed by atoms with Gasteiger partial charge in [0.25, 0.3) is 0 Å². The van der Waals surface area contributed by atoms with Crippen LogP contribution < -0.4 is 0 Å². The van der Waals surface area contributed by atoms with Crippen molar-refractivity contribution in [1.82, 2.24) is 5.01 Å². The van der Waals surface area contributed by atoms with Crippen LogP contribution in [0.15, 0.2) is 10.1 Å². The summed E-state index contributed by atoms with van der Waals surface area (Å²) in [5.74, 6) is 0. The molecular formula is C5H12ClN3. The molecule has 0 heterocycles. The molecule has 3 nitrogen and oxygen atoms in total. The van der Waals surface area contributed by atoms with Crippen LogP contribution in [0.4, 0.5) is 0 Å². The summed E-state index contributed by atoms with van der Waals surface area (Å²) < 4.78 is 0. The Morgan fingerprint density at radius 2 is 2.00 bits per heavy atom. The van der Waals surface area contributed by atoms with Gasteiger partial charge in [-0.2, -0.15) is 0 Å². The molecule has 0 amide bonds.